The number of nitrogens with one attached hydrogen (secondary N) is 1. The van der Waals surface area contributed by atoms with Crippen LogP contribution in [-0.4, -0.2) is 23.1 Å². The van der Waals surface area contributed by atoms with Gasteiger partial charge < -0.3 is 10.1 Å². The summed E-state index contributed by atoms with van der Waals surface area (Å²) in [6.07, 6.45) is 2.25. The van der Waals surface area contributed by atoms with Crippen molar-refractivity contribution in [2.75, 3.05) is 18.5 Å². The molecule has 17 heavy (non-hydrogen) atoms. The number of anilines is 1. The van der Waals surface area contributed by atoms with Gasteiger partial charge in [0.25, 0.3) is 0 Å². The van der Waals surface area contributed by atoms with Crippen molar-refractivity contribution in [1.29, 1.82) is 0 Å². The number of ether oxygens (including phenoxy) is 1. The molecule has 0 amide bonds. The van der Waals surface area contributed by atoms with Crippen molar-refractivity contribution in [2.24, 2.45) is 5.92 Å². The molecule has 0 aliphatic rings. The molecule has 0 atom stereocenters. The van der Waals surface area contributed by atoms with Gasteiger partial charge in [0.2, 0.25) is 11.8 Å². The van der Waals surface area contributed by atoms with Crippen LogP contribution in [-0.2, 0) is 0 Å². The number of hydrogen-bond donors (Lipinski definition) is 1. The normalized spacial score (nSPS) is 10.6. The van der Waals surface area contributed by atoms with Gasteiger partial charge in [0, 0.05) is 18.3 Å². The van der Waals surface area contributed by atoms with Crippen LogP contribution in [0.4, 0.5) is 5.95 Å². The van der Waals surface area contributed by atoms with Crippen molar-refractivity contribution in [3.8, 4) is 5.88 Å². The number of hydrogen-bond acceptors (Lipinski definition) is 4. The second kappa shape index (κ2) is 7.09. The summed E-state index contributed by atoms with van der Waals surface area (Å²) in [7, 11) is 0. The average Bonchev–Trinajstić information content (AvgIpc) is 2.24. The third kappa shape index (κ3) is 5.52. The Morgan fingerprint density at radius 1 is 1.35 bits per heavy atom. The van der Waals surface area contributed by atoms with Crippen LogP contribution in [0.5, 0.6) is 5.88 Å². The summed E-state index contributed by atoms with van der Waals surface area (Å²) in [5.41, 5.74) is 0.926. The van der Waals surface area contributed by atoms with Crippen LogP contribution in [0.2, 0.25) is 0 Å². The van der Waals surface area contributed by atoms with E-state index in [-0.39, 0.29) is 0 Å². The van der Waals surface area contributed by atoms with E-state index in [0.29, 0.717) is 11.8 Å². The van der Waals surface area contributed by atoms with Gasteiger partial charge >= 0.3 is 0 Å². The van der Waals surface area contributed by atoms with Gasteiger partial charge in [-0.1, -0.05) is 13.8 Å². The van der Waals surface area contributed by atoms with E-state index in [1.165, 1.54) is 6.42 Å². The van der Waals surface area contributed by atoms with Gasteiger partial charge in [0.1, 0.15) is 0 Å². The van der Waals surface area contributed by atoms with Gasteiger partial charge in [-0.05, 0) is 32.6 Å². The predicted octanol–water partition coefficient (Wildman–Crippen LogP) is 3.03. The smallest absolute Gasteiger partial charge is 0.226 e. The highest BCUT2D eigenvalue weighted by Crippen LogP contribution is 2.13. The Bertz CT molecular complexity index is 339. The van der Waals surface area contributed by atoms with Crippen molar-refractivity contribution in [3.63, 3.8) is 0 Å². The van der Waals surface area contributed by atoms with Crippen LogP contribution in [0.1, 0.15) is 39.3 Å². The van der Waals surface area contributed by atoms with Crippen molar-refractivity contribution >= 4 is 5.95 Å². The molecule has 1 N–H and O–H groups in total. The highest BCUT2D eigenvalue weighted by atomic mass is 16.5. The molecule has 1 aromatic rings. The fraction of sp³-hybridized carbons (Fsp3) is 0.692. The zero-order valence-electron chi connectivity index (χ0n) is 11.3. The lowest BCUT2D eigenvalue weighted by Gasteiger charge is -2.09. The maximum Gasteiger partial charge on any atom is 0.226 e. The molecular weight excluding hydrogens is 214 g/mol. The Labute approximate surface area is 104 Å². The van der Waals surface area contributed by atoms with Crippen molar-refractivity contribution in [1.82, 2.24) is 9.97 Å². The Balaban J connectivity index is 2.46. The third-order valence-electron chi connectivity index (χ3n) is 2.34. The predicted molar refractivity (Wildman–Crippen MR) is 70.5 cm³/mol. The number of aryl methyl sites for hydroxylation is 1. The standard InChI is InChI=1S/C13H23N3O/c1-5-14-13-15-11(4)9-12(16-13)17-8-6-7-10(2)3/h9-10H,5-8H2,1-4H3,(H,14,15,16). The molecule has 0 unspecified atom stereocenters. The summed E-state index contributed by atoms with van der Waals surface area (Å²) in [6.45, 7) is 9.95. The molecule has 1 aromatic heterocycles. The SMILES string of the molecule is CCNc1nc(C)cc(OCCCC(C)C)n1. The van der Waals surface area contributed by atoms with Gasteiger partial charge in [-0.2, -0.15) is 4.98 Å². The van der Waals surface area contributed by atoms with Crippen LogP contribution < -0.4 is 10.1 Å². The molecule has 1 heterocycles. The Morgan fingerprint density at radius 3 is 2.76 bits per heavy atom. The minimum Gasteiger partial charge on any atom is -0.478 e. The molecule has 4 heteroatoms. The summed E-state index contributed by atoms with van der Waals surface area (Å²) < 4.78 is 5.63. The van der Waals surface area contributed by atoms with Gasteiger partial charge in [-0.25, -0.2) is 4.98 Å². The molecule has 0 radical (unpaired) electrons. The number of aromatic nitrogens is 2. The summed E-state index contributed by atoms with van der Waals surface area (Å²) in [5, 5.41) is 3.10. The van der Waals surface area contributed by atoms with Crippen LogP contribution in [0, 0.1) is 12.8 Å². The molecule has 0 saturated carbocycles. The first-order valence-corrected chi connectivity index (χ1v) is 6.34. The van der Waals surface area contributed by atoms with E-state index < -0.39 is 0 Å². The van der Waals surface area contributed by atoms with Crippen LogP contribution in [0.3, 0.4) is 0 Å². The number of rotatable bonds is 7. The van der Waals surface area contributed by atoms with E-state index in [4.69, 9.17) is 4.74 Å². The minimum absolute atomic E-state index is 0.645. The zero-order valence-corrected chi connectivity index (χ0v) is 11.3. The van der Waals surface area contributed by atoms with Gasteiger partial charge in [-0.3, -0.25) is 0 Å². The second-order valence-corrected chi connectivity index (χ2v) is 4.59. The quantitative estimate of drug-likeness (QED) is 0.740. The largest absolute Gasteiger partial charge is 0.478 e. The first-order valence-electron chi connectivity index (χ1n) is 6.34. The van der Waals surface area contributed by atoms with Crippen LogP contribution >= 0.6 is 0 Å². The van der Waals surface area contributed by atoms with E-state index in [1.807, 2.05) is 19.9 Å². The first kappa shape index (κ1) is 13.7. The van der Waals surface area contributed by atoms with Crippen LogP contribution in [0.15, 0.2) is 6.07 Å². The molecule has 0 aliphatic carbocycles. The Kier molecular flexibility index (Phi) is 5.73. The van der Waals surface area contributed by atoms with E-state index in [9.17, 15) is 0 Å². The molecule has 0 saturated heterocycles. The monoisotopic (exact) mass is 237 g/mol. The molecule has 0 aromatic carbocycles. The topological polar surface area (TPSA) is 47.0 Å². The molecule has 0 fully saturated rings. The van der Waals surface area contributed by atoms with E-state index in [0.717, 1.165) is 31.2 Å². The van der Waals surface area contributed by atoms with E-state index in [2.05, 4.69) is 29.1 Å². The van der Waals surface area contributed by atoms with E-state index in [1.54, 1.807) is 0 Å². The molecule has 1 rings (SSSR count). The van der Waals surface area contributed by atoms with E-state index >= 15 is 0 Å². The number of nitrogens with zero attached hydrogens (tertiary/aromatic N) is 2. The van der Waals surface area contributed by atoms with Gasteiger partial charge in [0.15, 0.2) is 0 Å². The highest BCUT2D eigenvalue weighted by molar-refractivity contribution is 5.30. The summed E-state index contributed by atoms with van der Waals surface area (Å²) >= 11 is 0. The lowest BCUT2D eigenvalue weighted by molar-refractivity contribution is 0.287. The average molecular weight is 237 g/mol. The second-order valence-electron chi connectivity index (χ2n) is 4.59. The molecule has 96 valence electrons. The summed E-state index contributed by atoms with van der Waals surface area (Å²) in [5.74, 6) is 2.03. The van der Waals surface area contributed by atoms with Crippen LogP contribution in [0.25, 0.3) is 0 Å². The third-order valence-corrected chi connectivity index (χ3v) is 2.34. The maximum absolute atomic E-state index is 5.63. The lowest BCUT2D eigenvalue weighted by atomic mass is 10.1. The van der Waals surface area contributed by atoms with Gasteiger partial charge in [-0.15, -0.1) is 0 Å². The fourth-order valence-electron chi connectivity index (χ4n) is 1.52. The maximum atomic E-state index is 5.63. The zero-order chi connectivity index (χ0) is 12.7. The summed E-state index contributed by atoms with van der Waals surface area (Å²) in [4.78, 5) is 8.57. The van der Waals surface area contributed by atoms with Crippen molar-refractivity contribution < 1.29 is 4.74 Å². The molecule has 0 spiro atoms. The Morgan fingerprint density at radius 2 is 2.12 bits per heavy atom. The Hall–Kier alpha value is -1.32. The molecule has 4 nitrogen and oxygen atoms in total. The van der Waals surface area contributed by atoms with Crippen molar-refractivity contribution in [2.45, 2.75) is 40.5 Å². The summed E-state index contributed by atoms with van der Waals surface area (Å²) in [6, 6.07) is 1.87. The molecule has 0 aliphatic heterocycles. The lowest BCUT2D eigenvalue weighted by Crippen LogP contribution is -2.06. The fourth-order valence-corrected chi connectivity index (χ4v) is 1.52. The first-order chi connectivity index (χ1) is 8.11. The minimum atomic E-state index is 0.645. The highest BCUT2D eigenvalue weighted by Gasteiger charge is 2.02. The van der Waals surface area contributed by atoms with Gasteiger partial charge in [0.05, 0.1) is 6.61 Å². The molecule has 0 bridgehead atoms. The van der Waals surface area contributed by atoms with Crippen molar-refractivity contribution in [3.05, 3.63) is 11.8 Å². The molecular formula is C13H23N3O.